The largest absolute Gasteiger partial charge is 0.362 e. The van der Waals surface area contributed by atoms with E-state index in [-0.39, 0.29) is 18.0 Å². The number of anilines is 1. The van der Waals surface area contributed by atoms with E-state index in [2.05, 4.69) is 56.1 Å². The first kappa shape index (κ1) is 23.1. The second-order valence-electron chi connectivity index (χ2n) is 9.36. The van der Waals surface area contributed by atoms with Crippen LogP contribution in [0.3, 0.4) is 0 Å². The Hall–Kier alpha value is -3.05. The molecule has 0 radical (unpaired) electrons. The summed E-state index contributed by atoms with van der Waals surface area (Å²) in [6, 6.07) is 11.0. The molecule has 3 amide bonds. The second kappa shape index (κ2) is 8.71. The minimum atomic E-state index is -0.413. The summed E-state index contributed by atoms with van der Waals surface area (Å²) in [6.45, 7) is 12.0. The van der Waals surface area contributed by atoms with Crippen molar-refractivity contribution in [3.8, 4) is 0 Å². The summed E-state index contributed by atoms with van der Waals surface area (Å²) in [6.07, 6.45) is 5.15. The van der Waals surface area contributed by atoms with Crippen LogP contribution in [0.4, 0.5) is 10.5 Å². The molecule has 5 nitrogen and oxygen atoms in total. The van der Waals surface area contributed by atoms with Crippen LogP contribution in [0.25, 0.3) is 11.6 Å². The molecular formula is C27H30ClN3O2. The average molecular weight is 464 g/mol. The molecule has 1 fully saturated rings. The van der Waals surface area contributed by atoms with Crippen molar-refractivity contribution in [1.29, 1.82) is 0 Å². The van der Waals surface area contributed by atoms with Crippen molar-refractivity contribution >= 4 is 40.9 Å². The molecule has 0 unspecified atom stereocenters. The number of imide groups is 1. The van der Waals surface area contributed by atoms with Crippen LogP contribution < -0.4 is 10.2 Å². The molecule has 0 bridgehead atoms. The number of nitrogens with zero attached hydrogens (tertiary/aromatic N) is 2. The van der Waals surface area contributed by atoms with Crippen molar-refractivity contribution in [3.05, 3.63) is 75.4 Å². The van der Waals surface area contributed by atoms with Crippen molar-refractivity contribution in [2.24, 2.45) is 0 Å². The van der Waals surface area contributed by atoms with Crippen LogP contribution >= 0.6 is 11.6 Å². The number of hydrogen-bond acceptors (Lipinski definition) is 3. The van der Waals surface area contributed by atoms with Gasteiger partial charge in [0.05, 0.1) is 12.1 Å². The molecule has 2 heterocycles. The predicted octanol–water partition coefficient (Wildman–Crippen LogP) is 6.15. The van der Waals surface area contributed by atoms with Crippen molar-refractivity contribution in [3.63, 3.8) is 0 Å². The van der Waals surface area contributed by atoms with Gasteiger partial charge in [-0.15, -0.1) is 0 Å². The zero-order valence-corrected chi connectivity index (χ0v) is 20.6. The number of carbonyl (C=O) groups excluding carboxylic acids is 2. The van der Waals surface area contributed by atoms with Gasteiger partial charge in [-0.2, -0.15) is 0 Å². The number of amides is 3. The molecule has 33 heavy (non-hydrogen) atoms. The lowest BCUT2D eigenvalue weighted by Gasteiger charge is -2.43. The number of halogens is 1. The van der Waals surface area contributed by atoms with E-state index < -0.39 is 6.03 Å². The quantitative estimate of drug-likeness (QED) is 0.427. The van der Waals surface area contributed by atoms with Gasteiger partial charge in [0.25, 0.3) is 5.91 Å². The summed E-state index contributed by atoms with van der Waals surface area (Å²) >= 11 is 5.94. The van der Waals surface area contributed by atoms with E-state index in [9.17, 15) is 9.59 Å². The maximum absolute atomic E-state index is 13.0. The average Bonchev–Trinajstić information content (AvgIpc) is 3.00. The Morgan fingerprint density at radius 3 is 2.45 bits per heavy atom. The maximum Gasteiger partial charge on any atom is 0.329 e. The minimum absolute atomic E-state index is 0.0585. The first-order valence-electron chi connectivity index (χ1n) is 11.3. The predicted molar refractivity (Wildman–Crippen MR) is 135 cm³/mol. The number of fused-ring (bicyclic) bond motifs is 1. The van der Waals surface area contributed by atoms with Gasteiger partial charge in [0.2, 0.25) is 0 Å². The third kappa shape index (κ3) is 4.42. The van der Waals surface area contributed by atoms with Crippen LogP contribution in [-0.2, 0) is 11.3 Å². The van der Waals surface area contributed by atoms with Gasteiger partial charge in [-0.3, -0.25) is 9.69 Å². The minimum Gasteiger partial charge on any atom is -0.362 e. The monoisotopic (exact) mass is 463 g/mol. The molecule has 1 saturated heterocycles. The molecule has 6 heteroatoms. The number of carbonyl (C=O) groups is 2. The molecule has 172 valence electrons. The normalized spacial score (nSPS) is 18.5. The molecule has 2 aliphatic heterocycles. The van der Waals surface area contributed by atoms with Gasteiger partial charge in [0.1, 0.15) is 5.70 Å². The highest BCUT2D eigenvalue weighted by Crippen LogP contribution is 2.40. The van der Waals surface area contributed by atoms with Gasteiger partial charge in [-0.05, 0) is 86.7 Å². The van der Waals surface area contributed by atoms with Gasteiger partial charge in [-0.25, -0.2) is 4.79 Å². The summed E-state index contributed by atoms with van der Waals surface area (Å²) in [7, 11) is 0. The third-order valence-corrected chi connectivity index (χ3v) is 6.58. The van der Waals surface area contributed by atoms with E-state index in [1.807, 2.05) is 19.1 Å². The number of hydrogen-bond donors (Lipinski definition) is 1. The Bertz CT molecular complexity index is 1180. The van der Waals surface area contributed by atoms with E-state index >= 15 is 0 Å². The highest BCUT2D eigenvalue weighted by molar-refractivity contribution is 6.30. The van der Waals surface area contributed by atoms with Gasteiger partial charge in [-0.1, -0.05) is 36.7 Å². The van der Waals surface area contributed by atoms with Gasteiger partial charge >= 0.3 is 6.03 Å². The van der Waals surface area contributed by atoms with Crippen molar-refractivity contribution in [1.82, 2.24) is 10.2 Å². The van der Waals surface area contributed by atoms with E-state index in [0.29, 0.717) is 10.7 Å². The highest BCUT2D eigenvalue weighted by atomic mass is 35.5. The lowest BCUT2D eigenvalue weighted by Crippen LogP contribution is -2.45. The Morgan fingerprint density at radius 2 is 1.79 bits per heavy atom. The van der Waals surface area contributed by atoms with Crippen LogP contribution in [0.1, 0.15) is 56.4 Å². The summed E-state index contributed by atoms with van der Waals surface area (Å²) in [4.78, 5) is 29.2. The number of rotatable bonds is 5. The summed E-state index contributed by atoms with van der Waals surface area (Å²) in [5, 5.41) is 3.36. The molecule has 0 saturated carbocycles. The first-order chi connectivity index (χ1) is 15.6. The molecule has 4 rings (SSSR count). The van der Waals surface area contributed by atoms with E-state index in [1.165, 1.54) is 16.2 Å². The lowest BCUT2D eigenvalue weighted by atomic mass is 9.86. The fraction of sp³-hybridized carbons (Fsp3) is 0.333. The number of aryl methyl sites for hydroxylation is 1. The second-order valence-corrected chi connectivity index (χ2v) is 9.80. The molecule has 0 spiro atoms. The Labute approximate surface area is 200 Å². The molecule has 2 aromatic rings. The van der Waals surface area contributed by atoms with Crippen LogP contribution in [-0.4, -0.2) is 28.9 Å². The van der Waals surface area contributed by atoms with Gasteiger partial charge < -0.3 is 10.2 Å². The number of nitrogens with one attached hydrogen (secondary N) is 1. The van der Waals surface area contributed by atoms with Crippen molar-refractivity contribution in [2.75, 3.05) is 11.4 Å². The maximum atomic E-state index is 13.0. The van der Waals surface area contributed by atoms with E-state index in [1.54, 1.807) is 18.2 Å². The van der Waals surface area contributed by atoms with Gasteiger partial charge in [0.15, 0.2) is 0 Å². The number of benzene rings is 2. The Balaban J connectivity index is 1.66. The number of allylic oxidation sites excluding steroid dienone is 1. The lowest BCUT2D eigenvalue weighted by molar-refractivity contribution is -0.123. The van der Waals surface area contributed by atoms with Crippen LogP contribution in [0.2, 0.25) is 5.02 Å². The highest BCUT2D eigenvalue weighted by Gasteiger charge is 2.34. The fourth-order valence-corrected chi connectivity index (χ4v) is 4.80. The first-order valence-corrected chi connectivity index (χ1v) is 11.7. The van der Waals surface area contributed by atoms with Crippen LogP contribution in [0.15, 0.2) is 48.2 Å². The molecule has 2 aromatic carbocycles. The van der Waals surface area contributed by atoms with E-state index in [4.69, 9.17) is 11.6 Å². The number of urea groups is 1. The summed E-state index contributed by atoms with van der Waals surface area (Å²) in [5.41, 5.74) is 6.65. The third-order valence-electron chi connectivity index (χ3n) is 6.33. The standard InChI is InChI=1S/C27H30ClN3O2/c1-6-11-31-24-12-17(2)20(13-22(24)18(3)15-27(31,4)5)14-23-25(32)30(26(33)29-23)16-19-7-9-21(28)10-8-19/h7-10,12-15H,6,11,16H2,1-5H3,(H,29,33)/b23-14+. The molecule has 0 atom stereocenters. The zero-order valence-electron chi connectivity index (χ0n) is 19.8. The summed E-state index contributed by atoms with van der Waals surface area (Å²) < 4.78 is 0. The fourth-order valence-electron chi connectivity index (χ4n) is 4.68. The Kier molecular flexibility index (Phi) is 6.10. The molecule has 1 N–H and O–H groups in total. The topological polar surface area (TPSA) is 52.7 Å². The zero-order chi connectivity index (χ0) is 23.9. The molecular weight excluding hydrogens is 434 g/mol. The van der Waals surface area contributed by atoms with Crippen LogP contribution in [0.5, 0.6) is 0 Å². The Morgan fingerprint density at radius 1 is 1.09 bits per heavy atom. The van der Waals surface area contributed by atoms with E-state index in [0.717, 1.165) is 35.2 Å². The molecule has 0 aliphatic carbocycles. The molecule has 0 aromatic heterocycles. The smallest absolute Gasteiger partial charge is 0.329 e. The summed E-state index contributed by atoms with van der Waals surface area (Å²) in [5.74, 6) is -0.326. The van der Waals surface area contributed by atoms with Crippen molar-refractivity contribution in [2.45, 2.75) is 53.1 Å². The molecule has 2 aliphatic rings. The van der Waals surface area contributed by atoms with Gasteiger partial charge in [0, 0.05) is 22.8 Å². The van der Waals surface area contributed by atoms with Crippen molar-refractivity contribution < 1.29 is 9.59 Å². The SMILES string of the molecule is CCCN1c2cc(C)c(/C=C3/NC(=O)N(Cc4ccc(Cl)cc4)C3=O)cc2C(C)=CC1(C)C. The van der Waals surface area contributed by atoms with Crippen LogP contribution in [0, 0.1) is 6.92 Å².